The van der Waals surface area contributed by atoms with Crippen molar-refractivity contribution in [1.82, 2.24) is 4.90 Å². The van der Waals surface area contributed by atoms with Gasteiger partial charge in [-0.05, 0) is 43.5 Å². The van der Waals surface area contributed by atoms with Gasteiger partial charge in [0, 0.05) is 19.1 Å². The van der Waals surface area contributed by atoms with Crippen molar-refractivity contribution in [3.8, 4) is 5.75 Å². The molecule has 1 atom stereocenters. The minimum absolute atomic E-state index is 0.382. The zero-order valence-electron chi connectivity index (χ0n) is 10.8. The van der Waals surface area contributed by atoms with Crippen LogP contribution in [0.3, 0.4) is 0 Å². The number of aryl methyl sites for hydroxylation is 1. The normalized spacial score (nSPS) is 20.8. The van der Waals surface area contributed by atoms with Crippen LogP contribution in [-0.4, -0.2) is 37.7 Å². The first kappa shape index (κ1) is 12.4. The van der Waals surface area contributed by atoms with Crippen molar-refractivity contribution >= 4 is 0 Å². The number of ether oxygens (including phenoxy) is 1. The third-order valence-corrected chi connectivity index (χ3v) is 3.48. The lowest BCUT2D eigenvalue weighted by Gasteiger charge is -2.15. The van der Waals surface area contributed by atoms with E-state index in [4.69, 9.17) is 10.5 Å². The topological polar surface area (TPSA) is 38.5 Å². The van der Waals surface area contributed by atoms with Crippen molar-refractivity contribution in [2.75, 3.05) is 26.7 Å². The molecule has 0 radical (unpaired) electrons. The predicted molar refractivity (Wildman–Crippen MR) is 70.5 cm³/mol. The quantitative estimate of drug-likeness (QED) is 0.859. The zero-order valence-corrected chi connectivity index (χ0v) is 10.8. The van der Waals surface area contributed by atoms with Crippen LogP contribution in [0.1, 0.15) is 17.5 Å². The van der Waals surface area contributed by atoms with Crippen LogP contribution < -0.4 is 10.5 Å². The predicted octanol–water partition coefficient (Wildman–Crippen LogP) is 1.58. The van der Waals surface area contributed by atoms with Crippen LogP contribution in [0.25, 0.3) is 0 Å². The van der Waals surface area contributed by atoms with Gasteiger partial charge in [0.1, 0.15) is 5.75 Å². The van der Waals surface area contributed by atoms with Crippen molar-refractivity contribution < 1.29 is 4.74 Å². The molecule has 2 N–H and O–H groups in total. The van der Waals surface area contributed by atoms with Crippen LogP contribution in [-0.2, 0) is 6.42 Å². The Kier molecular flexibility index (Phi) is 4.02. The molecule has 1 unspecified atom stereocenters. The van der Waals surface area contributed by atoms with Crippen LogP contribution in [0.2, 0.25) is 0 Å². The van der Waals surface area contributed by atoms with Gasteiger partial charge in [-0.2, -0.15) is 0 Å². The number of nitrogens with zero attached hydrogens (tertiary/aromatic N) is 1. The molecule has 3 heteroatoms. The van der Waals surface area contributed by atoms with Crippen LogP contribution in [0.5, 0.6) is 5.75 Å². The number of methoxy groups -OCH3 is 1. The summed E-state index contributed by atoms with van der Waals surface area (Å²) in [4.78, 5) is 2.45. The Hall–Kier alpha value is -1.06. The molecule has 1 heterocycles. The minimum Gasteiger partial charge on any atom is -0.496 e. The van der Waals surface area contributed by atoms with E-state index >= 15 is 0 Å². The monoisotopic (exact) mass is 234 g/mol. The van der Waals surface area contributed by atoms with Gasteiger partial charge in [0.2, 0.25) is 0 Å². The van der Waals surface area contributed by atoms with Crippen molar-refractivity contribution in [2.24, 2.45) is 5.73 Å². The summed E-state index contributed by atoms with van der Waals surface area (Å²) < 4.78 is 5.27. The molecule has 1 aromatic carbocycles. The smallest absolute Gasteiger partial charge is 0.121 e. The number of benzene rings is 1. The lowest BCUT2D eigenvalue weighted by Crippen LogP contribution is -2.28. The van der Waals surface area contributed by atoms with E-state index in [-0.39, 0.29) is 0 Å². The van der Waals surface area contributed by atoms with Crippen LogP contribution in [0.15, 0.2) is 18.2 Å². The van der Waals surface area contributed by atoms with E-state index in [1.54, 1.807) is 7.11 Å². The Morgan fingerprint density at radius 3 is 2.88 bits per heavy atom. The fourth-order valence-corrected chi connectivity index (χ4v) is 2.45. The zero-order chi connectivity index (χ0) is 12.3. The van der Waals surface area contributed by atoms with Gasteiger partial charge in [0.15, 0.2) is 0 Å². The van der Waals surface area contributed by atoms with Gasteiger partial charge in [0.25, 0.3) is 0 Å². The molecule has 1 saturated heterocycles. The maximum atomic E-state index is 5.90. The highest BCUT2D eigenvalue weighted by molar-refractivity contribution is 5.36. The standard InChI is InChI=1S/C14H22N2O/c1-11-9-12(3-4-14(11)17-2)5-7-16-8-6-13(15)10-16/h3-4,9,13H,5-8,10,15H2,1-2H3. The van der Waals surface area contributed by atoms with Gasteiger partial charge in [0.05, 0.1) is 7.11 Å². The Bertz CT molecular complexity index is 378. The third kappa shape index (κ3) is 3.20. The van der Waals surface area contributed by atoms with Crippen molar-refractivity contribution in [3.05, 3.63) is 29.3 Å². The molecule has 2 rings (SSSR count). The molecular formula is C14H22N2O. The molecule has 1 aromatic rings. The first-order valence-electron chi connectivity index (χ1n) is 6.30. The molecule has 94 valence electrons. The van der Waals surface area contributed by atoms with Gasteiger partial charge in [-0.1, -0.05) is 12.1 Å². The van der Waals surface area contributed by atoms with E-state index in [9.17, 15) is 0 Å². The van der Waals surface area contributed by atoms with Crippen molar-refractivity contribution in [3.63, 3.8) is 0 Å². The molecule has 1 aliphatic heterocycles. The summed E-state index contributed by atoms with van der Waals surface area (Å²) >= 11 is 0. The summed E-state index contributed by atoms with van der Waals surface area (Å²) in [6.07, 6.45) is 2.24. The highest BCUT2D eigenvalue weighted by atomic mass is 16.5. The van der Waals surface area contributed by atoms with Crippen LogP contribution in [0, 0.1) is 6.92 Å². The largest absolute Gasteiger partial charge is 0.496 e. The molecule has 0 spiro atoms. The average molecular weight is 234 g/mol. The Morgan fingerprint density at radius 1 is 1.47 bits per heavy atom. The van der Waals surface area contributed by atoms with Gasteiger partial charge in [-0.3, -0.25) is 0 Å². The Balaban J connectivity index is 1.88. The second kappa shape index (κ2) is 5.52. The van der Waals surface area contributed by atoms with E-state index in [2.05, 4.69) is 30.0 Å². The van der Waals surface area contributed by atoms with Gasteiger partial charge in [-0.25, -0.2) is 0 Å². The molecule has 17 heavy (non-hydrogen) atoms. The lowest BCUT2D eigenvalue weighted by molar-refractivity contribution is 0.339. The molecule has 0 amide bonds. The highest BCUT2D eigenvalue weighted by Gasteiger charge is 2.18. The summed E-state index contributed by atoms with van der Waals surface area (Å²) in [5.41, 5.74) is 8.49. The Morgan fingerprint density at radius 2 is 2.29 bits per heavy atom. The molecule has 0 aromatic heterocycles. The number of hydrogen-bond acceptors (Lipinski definition) is 3. The summed E-state index contributed by atoms with van der Waals surface area (Å²) in [5.74, 6) is 0.969. The van der Waals surface area contributed by atoms with Gasteiger partial charge in [-0.15, -0.1) is 0 Å². The van der Waals surface area contributed by atoms with Gasteiger partial charge >= 0.3 is 0 Å². The van der Waals surface area contributed by atoms with E-state index in [0.29, 0.717) is 6.04 Å². The number of nitrogens with two attached hydrogens (primary N) is 1. The van der Waals surface area contributed by atoms with E-state index in [1.807, 2.05) is 0 Å². The average Bonchev–Trinajstić information content (AvgIpc) is 2.73. The summed E-state index contributed by atoms with van der Waals surface area (Å²) in [7, 11) is 1.72. The fourth-order valence-electron chi connectivity index (χ4n) is 2.45. The van der Waals surface area contributed by atoms with E-state index < -0.39 is 0 Å². The molecule has 0 aliphatic carbocycles. The third-order valence-electron chi connectivity index (χ3n) is 3.48. The molecule has 0 bridgehead atoms. The maximum absolute atomic E-state index is 5.90. The second-order valence-corrected chi connectivity index (χ2v) is 4.90. The second-order valence-electron chi connectivity index (χ2n) is 4.90. The number of hydrogen-bond donors (Lipinski definition) is 1. The van der Waals surface area contributed by atoms with E-state index in [0.717, 1.165) is 38.2 Å². The Labute approximate surface area is 104 Å². The van der Waals surface area contributed by atoms with Crippen LogP contribution >= 0.6 is 0 Å². The van der Waals surface area contributed by atoms with Gasteiger partial charge < -0.3 is 15.4 Å². The van der Waals surface area contributed by atoms with Crippen molar-refractivity contribution in [1.29, 1.82) is 0 Å². The van der Waals surface area contributed by atoms with Crippen LogP contribution in [0.4, 0.5) is 0 Å². The maximum Gasteiger partial charge on any atom is 0.121 e. The molecular weight excluding hydrogens is 212 g/mol. The molecule has 3 nitrogen and oxygen atoms in total. The molecule has 1 fully saturated rings. The number of rotatable bonds is 4. The fraction of sp³-hybridized carbons (Fsp3) is 0.571. The SMILES string of the molecule is COc1ccc(CCN2CCC(N)C2)cc1C. The molecule has 0 saturated carbocycles. The number of likely N-dealkylation sites (tertiary alicyclic amines) is 1. The summed E-state index contributed by atoms with van der Waals surface area (Å²) in [6.45, 7) is 5.40. The summed E-state index contributed by atoms with van der Waals surface area (Å²) in [6, 6.07) is 6.81. The lowest BCUT2D eigenvalue weighted by atomic mass is 10.1. The van der Waals surface area contributed by atoms with E-state index in [1.165, 1.54) is 11.1 Å². The summed E-state index contributed by atoms with van der Waals surface area (Å²) in [5, 5.41) is 0. The molecule has 1 aliphatic rings. The first-order valence-corrected chi connectivity index (χ1v) is 6.30. The first-order chi connectivity index (χ1) is 8.19. The minimum atomic E-state index is 0.382. The highest BCUT2D eigenvalue weighted by Crippen LogP contribution is 2.19. The van der Waals surface area contributed by atoms with Crippen molar-refractivity contribution in [2.45, 2.75) is 25.8 Å².